The Morgan fingerprint density at radius 1 is 1.50 bits per heavy atom. The fraction of sp³-hybridized carbons (Fsp3) is 1.00. The normalized spacial score (nSPS) is 41.6. The maximum Gasteiger partial charge on any atom is 0.150 e. The van der Waals surface area contributed by atoms with Crippen molar-refractivity contribution in [3.63, 3.8) is 0 Å². The van der Waals surface area contributed by atoms with Gasteiger partial charge in [0.25, 0.3) is 0 Å². The summed E-state index contributed by atoms with van der Waals surface area (Å²) in [6.07, 6.45) is 2.65. The van der Waals surface area contributed by atoms with Gasteiger partial charge in [-0.15, -0.1) is 0 Å². The molecule has 2 aliphatic heterocycles. The van der Waals surface area contributed by atoms with E-state index < -0.39 is 9.84 Å². The van der Waals surface area contributed by atoms with E-state index in [0.29, 0.717) is 12.3 Å². The van der Waals surface area contributed by atoms with E-state index in [-0.39, 0.29) is 17.3 Å². The SMILES string of the molecule is NCC1(C2CCS(=O)(=O)C2)CCCO1. The van der Waals surface area contributed by atoms with E-state index in [1.807, 2.05) is 0 Å². The van der Waals surface area contributed by atoms with Gasteiger partial charge in [-0.25, -0.2) is 8.42 Å². The van der Waals surface area contributed by atoms with Crippen LogP contribution in [0, 0.1) is 5.92 Å². The molecule has 2 N–H and O–H groups in total. The molecule has 5 heteroatoms. The van der Waals surface area contributed by atoms with Crippen molar-refractivity contribution in [3.8, 4) is 0 Å². The summed E-state index contributed by atoms with van der Waals surface area (Å²) >= 11 is 0. The van der Waals surface area contributed by atoms with Gasteiger partial charge in [-0.1, -0.05) is 0 Å². The molecule has 0 aromatic rings. The van der Waals surface area contributed by atoms with Crippen LogP contribution in [-0.4, -0.2) is 38.7 Å². The number of ether oxygens (including phenoxy) is 1. The second-order valence-corrected chi connectivity index (χ2v) is 6.55. The quantitative estimate of drug-likeness (QED) is 0.706. The summed E-state index contributed by atoms with van der Waals surface area (Å²) in [6.45, 7) is 1.18. The van der Waals surface area contributed by atoms with Gasteiger partial charge in [0.2, 0.25) is 0 Å². The van der Waals surface area contributed by atoms with Gasteiger partial charge in [0.1, 0.15) is 0 Å². The van der Waals surface area contributed by atoms with Crippen LogP contribution in [0.3, 0.4) is 0 Å². The van der Waals surface area contributed by atoms with E-state index in [4.69, 9.17) is 10.5 Å². The first kappa shape index (κ1) is 10.4. The topological polar surface area (TPSA) is 69.4 Å². The van der Waals surface area contributed by atoms with Gasteiger partial charge in [0, 0.05) is 19.1 Å². The highest BCUT2D eigenvalue weighted by Crippen LogP contribution is 2.38. The first-order chi connectivity index (χ1) is 6.58. The Hall–Kier alpha value is -0.130. The van der Waals surface area contributed by atoms with Gasteiger partial charge in [0.05, 0.1) is 17.1 Å². The van der Waals surface area contributed by atoms with Crippen LogP contribution < -0.4 is 5.73 Å². The largest absolute Gasteiger partial charge is 0.373 e. The Balaban J connectivity index is 2.14. The van der Waals surface area contributed by atoms with E-state index in [1.165, 1.54) is 0 Å². The lowest BCUT2D eigenvalue weighted by molar-refractivity contribution is -0.0285. The predicted octanol–water partition coefficient (Wildman–Crippen LogP) is -0.0710. The highest BCUT2D eigenvalue weighted by molar-refractivity contribution is 7.91. The third-order valence-electron chi connectivity index (χ3n) is 3.46. The zero-order chi connectivity index (χ0) is 10.2. The molecule has 2 atom stereocenters. The van der Waals surface area contributed by atoms with Gasteiger partial charge in [-0.05, 0) is 19.3 Å². The molecule has 0 spiro atoms. The average molecular weight is 219 g/mol. The molecule has 82 valence electrons. The molecular weight excluding hydrogens is 202 g/mol. The molecule has 0 aromatic carbocycles. The molecule has 2 rings (SSSR count). The number of rotatable bonds is 2. The van der Waals surface area contributed by atoms with Gasteiger partial charge < -0.3 is 10.5 Å². The Morgan fingerprint density at radius 3 is 2.71 bits per heavy atom. The standard InChI is InChI=1S/C9H17NO3S/c10-7-9(3-1-4-13-9)8-2-5-14(11,12)6-8/h8H,1-7,10H2. The number of hydrogen-bond donors (Lipinski definition) is 1. The molecule has 0 aromatic heterocycles. The number of sulfone groups is 1. The van der Waals surface area contributed by atoms with Crippen molar-refractivity contribution >= 4 is 9.84 Å². The van der Waals surface area contributed by atoms with Crippen molar-refractivity contribution in [2.75, 3.05) is 24.7 Å². The summed E-state index contributed by atoms with van der Waals surface area (Å²) in [4.78, 5) is 0. The molecular formula is C9H17NO3S. The fourth-order valence-electron chi connectivity index (χ4n) is 2.58. The van der Waals surface area contributed by atoms with Crippen molar-refractivity contribution in [2.45, 2.75) is 24.9 Å². The number of nitrogens with two attached hydrogens (primary N) is 1. The molecule has 0 radical (unpaired) electrons. The molecule has 0 bridgehead atoms. The van der Waals surface area contributed by atoms with E-state index in [1.54, 1.807) is 0 Å². The highest BCUT2D eigenvalue weighted by atomic mass is 32.2. The molecule has 14 heavy (non-hydrogen) atoms. The molecule has 2 unspecified atom stereocenters. The van der Waals surface area contributed by atoms with Gasteiger partial charge >= 0.3 is 0 Å². The van der Waals surface area contributed by atoms with Crippen molar-refractivity contribution in [3.05, 3.63) is 0 Å². The summed E-state index contributed by atoms with van der Waals surface area (Å²) in [6, 6.07) is 0. The molecule has 2 saturated heterocycles. The third kappa shape index (κ3) is 1.68. The lowest BCUT2D eigenvalue weighted by Crippen LogP contribution is -2.45. The molecule has 0 saturated carbocycles. The van der Waals surface area contributed by atoms with Crippen LogP contribution in [-0.2, 0) is 14.6 Å². The molecule has 0 amide bonds. The molecule has 4 nitrogen and oxygen atoms in total. The Bertz CT molecular complexity index is 306. The summed E-state index contributed by atoms with van der Waals surface area (Å²) < 4.78 is 28.4. The Labute approximate surface area is 84.7 Å². The van der Waals surface area contributed by atoms with Gasteiger partial charge in [0.15, 0.2) is 9.84 Å². The minimum atomic E-state index is -2.82. The lowest BCUT2D eigenvalue weighted by atomic mass is 9.84. The first-order valence-electron chi connectivity index (χ1n) is 5.12. The van der Waals surface area contributed by atoms with Crippen LogP contribution in [0.25, 0.3) is 0 Å². The highest BCUT2D eigenvalue weighted by Gasteiger charge is 2.46. The summed E-state index contributed by atoms with van der Waals surface area (Å²) in [5, 5.41) is 0. The maximum absolute atomic E-state index is 11.4. The predicted molar refractivity (Wildman–Crippen MR) is 53.7 cm³/mol. The van der Waals surface area contributed by atoms with Crippen LogP contribution in [0.5, 0.6) is 0 Å². The van der Waals surface area contributed by atoms with Gasteiger partial charge in [-0.2, -0.15) is 0 Å². The molecule has 2 aliphatic rings. The van der Waals surface area contributed by atoms with Crippen molar-refractivity contribution in [2.24, 2.45) is 11.7 Å². The minimum absolute atomic E-state index is 0.125. The van der Waals surface area contributed by atoms with Crippen molar-refractivity contribution in [1.29, 1.82) is 0 Å². The molecule has 2 heterocycles. The smallest absolute Gasteiger partial charge is 0.150 e. The Morgan fingerprint density at radius 2 is 2.29 bits per heavy atom. The minimum Gasteiger partial charge on any atom is -0.373 e. The zero-order valence-electron chi connectivity index (χ0n) is 8.24. The van der Waals surface area contributed by atoms with Crippen LogP contribution in [0.15, 0.2) is 0 Å². The van der Waals surface area contributed by atoms with E-state index in [2.05, 4.69) is 0 Å². The summed E-state index contributed by atoms with van der Waals surface area (Å²) in [7, 11) is -2.82. The third-order valence-corrected chi connectivity index (χ3v) is 5.22. The van der Waals surface area contributed by atoms with Crippen LogP contribution in [0.1, 0.15) is 19.3 Å². The second-order valence-electron chi connectivity index (χ2n) is 4.32. The van der Waals surface area contributed by atoms with Crippen LogP contribution in [0.4, 0.5) is 0 Å². The summed E-state index contributed by atoms with van der Waals surface area (Å²) in [5.74, 6) is 0.701. The molecule has 2 fully saturated rings. The van der Waals surface area contributed by atoms with Crippen LogP contribution in [0.2, 0.25) is 0 Å². The van der Waals surface area contributed by atoms with Crippen molar-refractivity contribution in [1.82, 2.24) is 0 Å². The zero-order valence-corrected chi connectivity index (χ0v) is 9.05. The van der Waals surface area contributed by atoms with E-state index in [0.717, 1.165) is 25.9 Å². The van der Waals surface area contributed by atoms with Crippen molar-refractivity contribution < 1.29 is 13.2 Å². The van der Waals surface area contributed by atoms with E-state index >= 15 is 0 Å². The van der Waals surface area contributed by atoms with Gasteiger partial charge in [-0.3, -0.25) is 0 Å². The van der Waals surface area contributed by atoms with E-state index in [9.17, 15) is 8.42 Å². The fourth-order valence-corrected chi connectivity index (χ4v) is 4.47. The Kier molecular flexibility index (Phi) is 2.57. The molecule has 0 aliphatic carbocycles. The van der Waals surface area contributed by atoms with Crippen LogP contribution >= 0.6 is 0 Å². The maximum atomic E-state index is 11.4. The number of hydrogen-bond acceptors (Lipinski definition) is 4. The second kappa shape index (κ2) is 3.47. The monoisotopic (exact) mass is 219 g/mol. The first-order valence-corrected chi connectivity index (χ1v) is 6.95. The summed E-state index contributed by atoms with van der Waals surface area (Å²) in [5.41, 5.74) is 5.39. The lowest BCUT2D eigenvalue weighted by Gasteiger charge is -2.32. The average Bonchev–Trinajstić information content (AvgIpc) is 2.72.